The zero-order valence-corrected chi connectivity index (χ0v) is 20.5. The van der Waals surface area contributed by atoms with Gasteiger partial charge in [-0.1, -0.05) is 42.5 Å². The summed E-state index contributed by atoms with van der Waals surface area (Å²) in [4.78, 5) is 28.4. The van der Waals surface area contributed by atoms with Gasteiger partial charge in [0.25, 0.3) is 11.7 Å². The predicted octanol–water partition coefficient (Wildman–Crippen LogP) is 5.73. The minimum absolute atomic E-state index is 0.00195. The van der Waals surface area contributed by atoms with Crippen molar-refractivity contribution >= 4 is 23.1 Å². The Hall–Kier alpha value is -4.06. The summed E-state index contributed by atoms with van der Waals surface area (Å²) in [5.74, 6) is -0.652. The molecule has 0 saturated carbocycles. The van der Waals surface area contributed by atoms with Gasteiger partial charge in [-0.2, -0.15) is 0 Å². The molecule has 1 unspecified atom stereocenters. The summed E-state index contributed by atoms with van der Waals surface area (Å²) in [7, 11) is 1.54. The van der Waals surface area contributed by atoms with Crippen LogP contribution < -0.4 is 14.4 Å². The number of ketones is 1. The third-order valence-corrected chi connectivity index (χ3v) is 6.19. The van der Waals surface area contributed by atoms with Gasteiger partial charge in [-0.15, -0.1) is 0 Å². The number of methoxy groups -OCH3 is 1. The lowest BCUT2D eigenvalue weighted by molar-refractivity contribution is -0.132. The average molecular weight is 472 g/mol. The number of aliphatic hydroxyl groups excluding tert-OH is 1. The van der Waals surface area contributed by atoms with Crippen LogP contribution in [0.4, 0.5) is 5.69 Å². The van der Waals surface area contributed by atoms with Crippen LogP contribution in [0.25, 0.3) is 5.76 Å². The van der Waals surface area contributed by atoms with E-state index in [1.54, 1.807) is 36.4 Å². The molecule has 180 valence electrons. The first-order chi connectivity index (χ1) is 16.7. The van der Waals surface area contributed by atoms with E-state index in [0.29, 0.717) is 28.3 Å². The number of benzene rings is 3. The maximum atomic E-state index is 13.5. The van der Waals surface area contributed by atoms with E-state index < -0.39 is 17.7 Å². The van der Waals surface area contributed by atoms with Gasteiger partial charge in [-0.05, 0) is 63.1 Å². The molecular weight excluding hydrogens is 442 g/mol. The minimum atomic E-state index is -0.874. The number of para-hydroxylation sites is 1. The molecule has 3 aromatic carbocycles. The molecule has 0 bridgehead atoms. The average Bonchev–Trinajstić information content (AvgIpc) is 3.10. The Bertz CT molecular complexity index is 1320. The fraction of sp³-hybridized carbons (Fsp3) is 0.241. The lowest BCUT2D eigenvalue weighted by atomic mass is 9.94. The molecule has 0 aromatic heterocycles. The molecule has 1 fully saturated rings. The fourth-order valence-electron chi connectivity index (χ4n) is 4.41. The highest BCUT2D eigenvalue weighted by Gasteiger charge is 2.48. The first-order valence-corrected chi connectivity index (χ1v) is 11.5. The molecule has 4 rings (SSSR count). The smallest absolute Gasteiger partial charge is 0.300 e. The molecule has 6 nitrogen and oxygen atoms in total. The number of rotatable bonds is 6. The number of aryl methyl sites for hydroxylation is 1. The van der Waals surface area contributed by atoms with Gasteiger partial charge in [0.05, 0.1) is 24.8 Å². The van der Waals surface area contributed by atoms with Crippen LogP contribution in [0.5, 0.6) is 11.5 Å². The van der Waals surface area contributed by atoms with Crippen molar-refractivity contribution in [3.8, 4) is 11.5 Å². The number of amides is 1. The second-order valence-electron chi connectivity index (χ2n) is 8.82. The lowest BCUT2D eigenvalue weighted by Gasteiger charge is -2.28. The minimum Gasteiger partial charge on any atom is -0.507 e. The van der Waals surface area contributed by atoms with Gasteiger partial charge in [0.1, 0.15) is 17.3 Å². The monoisotopic (exact) mass is 471 g/mol. The van der Waals surface area contributed by atoms with Crippen molar-refractivity contribution < 1.29 is 24.2 Å². The van der Waals surface area contributed by atoms with E-state index in [1.807, 2.05) is 58.0 Å². The van der Waals surface area contributed by atoms with Gasteiger partial charge in [0, 0.05) is 16.8 Å². The van der Waals surface area contributed by atoms with E-state index in [-0.39, 0.29) is 17.4 Å². The number of aliphatic hydroxyl groups is 1. The number of carbonyl (C=O) groups excluding carboxylic acids is 2. The number of anilines is 1. The summed E-state index contributed by atoms with van der Waals surface area (Å²) in [6, 6.07) is 18.8. The van der Waals surface area contributed by atoms with Gasteiger partial charge in [0.2, 0.25) is 0 Å². The molecule has 1 N–H and O–H groups in total. The van der Waals surface area contributed by atoms with E-state index in [2.05, 4.69) is 0 Å². The zero-order valence-electron chi connectivity index (χ0n) is 20.5. The Kier molecular flexibility index (Phi) is 6.65. The van der Waals surface area contributed by atoms with Crippen LogP contribution >= 0.6 is 0 Å². The third kappa shape index (κ3) is 4.39. The van der Waals surface area contributed by atoms with Crippen molar-refractivity contribution in [2.75, 3.05) is 12.0 Å². The molecule has 1 aliphatic heterocycles. The molecule has 1 atom stereocenters. The number of carbonyl (C=O) groups is 2. The summed E-state index contributed by atoms with van der Waals surface area (Å²) in [6.07, 6.45) is -0.0594. The maximum absolute atomic E-state index is 13.5. The SMILES string of the molecule is COc1ccccc1C1/C(=C(\O)c2cccc(OC(C)C)c2)C(=O)C(=O)N1c1cccc(C)c1C. The van der Waals surface area contributed by atoms with Crippen LogP contribution in [0.3, 0.4) is 0 Å². The quantitative estimate of drug-likeness (QED) is 0.282. The predicted molar refractivity (Wildman–Crippen MR) is 136 cm³/mol. The largest absolute Gasteiger partial charge is 0.507 e. The molecule has 1 saturated heterocycles. The highest BCUT2D eigenvalue weighted by molar-refractivity contribution is 6.51. The summed E-state index contributed by atoms with van der Waals surface area (Å²) in [5.41, 5.74) is 3.47. The number of Topliss-reactive ketones (excluding diaryl/α,β-unsaturated/α-hetero) is 1. The Labute approximate surface area is 205 Å². The van der Waals surface area contributed by atoms with E-state index in [1.165, 1.54) is 12.0 Å². The van der Waals surface area contributed by atoms with Crippen LogP contribution in [-0.2, 0) is 9.59 Å². The standard InChI is InChI=1S/C29H29NO5/c1-17(2)35-21-12-9-11-20(16-21)27(31)25-26(22-13-6-7-15-24(22)34-5)30(29(33)28(25)32)23-14-8-10-18(3)19(23)4/h6-17,26,31H,1-5H3/b27-25+. The number of ether oxygens (including phenoxy) is 2. The molecule has 1 amide bonds. The normalized spacial score (nSPS) is 17.2. The Morgan fingerprint density at radius 1 is 0.971 bits per heavy atom. The maximum Gasteiger partial charge on any atom is 0.300 e. The highest BCUT2D eigenvalue weighted by Crippen LogP contribution is 2.46. The molecular formula is C29H29NO5. The van der Waals surface area contributed by atoms with Gasteiger partial charge in [0.15, 0.2) is 0 Å². The molecule has 0 spiro atoms. The zero-order chi connectivity index (χ0) is 25.3. The summed E-state index contributed by atoms with van der Waals surface area (Å²) < 4.78 is 11.4. The van der Waals surface area contributed by atoms with Crippen LogP contribution in [0.1, 0.15) is 42.1 Å². The Balaban J connectivity index is 1.98. The summed E-state index contributed by atoms with van der Waals surface area (Å²) in [6.45, 7) is 7.68. The van der Waals surface area contributed by atoms with Crippen LogP contribution in [-0.4, -0.2) is 30.0 Å². The highest BCUT2D eigenvalue weighted by atomic mass is 16.5. The first kappa shape index (κ1) is 24.1. The molecule has 6 heteroatoms. The van der Waals surface area contributed by atoms with Crippen LogP contribution in [0.2, 0.25) is 0 Å². The van der Waals surface area contributed by atoms with Crippen molar-refractivity contribution in [3.05, 3.63) is 94.6 Å². The van der Waals surface area contributed by atoms with E-state index in [0.717, 1.165) is 11.1 Å². The molecule has 1 heterocycles. The van der Waals surface area contributed by atoms with E-state index in [9.17, 15) is 14.7 Å². The molecule has 1 aliphatic rings. The molecule has 3 aromatic rings. The Morgan fingerprint density at radius 2 is 1.69 bits per heavy atom. The first-order valence-electron chi connectivity index (χ1n) is 11.5. The molecule has 0 aliphatic carbocycles. The number of hydrogen-bond acceptors (Lipinski definition) is 5. The van der Waals surface area contributed by atoms with Crippen molar-refractivity contribution in [2.24, 2.45) is 0 Å². The topological polar surface area (TPSA) is 76.1 Å². The number of hydrogen-bond donors (Lipinski definition) is 1. The summed E-state index contributed by atoms with van der Waals surface area (Å²) in [5, 5.41) is 11.4. The fourth-order valence-corrected chi connectivity index (χ4v) is 4.41. The van der Waals surface area contributed by atoms with Crippen molar-refractivity contribution in [1.82, 2.24) is 0 Å². The van der Waals surface area contributed by atoms with Gasteiger partial charge >= 0.3 is 0 Å². The van der Waals surface area contributed by atoms with Gasteiger partial charge in [-0.25, -0.2) is 0 Å². The van der Waals surface area contributed by atoms with E-state index in [4.69, 9.17) is 9.47 Å². The van der Waals surface area contributed by atoms with Crippen molar-refractivity contribution in [3.63, 3.8) is 0 Å². The third-order valence-electron chi connectivity index (χ3n) is 6.19. The number of nitrogens with zero attached hydrogens (tertiary/aromatic N) is 1. The van der Waals surface area contributed by atoms with Crippen molar-refractivity contribution in [2.45, 2.75) is 39.8 Å². The van der Waals surface area contributed by atoms with Gasteiger partial charge in [-0.3, -0.25) is 14.5 Å². The second kappa shape index (κ2) is 9.66. The molecule has 0 radical (unpaired) electrons. The van der Waals surface area contributed by atoms with Crippen LogP contribution in [0, 0.1) is 13.8 Å². The Morgan fingerprint density at radius 3 is 2.40 bits per heavy atom. The van der Waals surface area contributed by atoms with E-state index >= 15 is 0 Å². The summed E-state index contributed by atoms with van der Waals surface area (Å²) >= 11 is 0. The van der Waals surface area contributed by atoms with Crippen molar-refractivity contribution in [1.29, 1.82) is 0 Å². The molecule has 35 heavy (non-hydrogen) atoms. The van der Waals surface area contributed by atoms with Crippen LogP contribution in [0.15, 0.2) is 72.3 Å². The lowest BCUT2D eigenvalue weighted by Crippen LogP contribution is -2.30. The second-order valence-corrected chi connectivity index (χ2v) is 8.82. The van der Waals surface area contributed by atoms with Gasteiger partial charge < -0.3 is 14.6 Å².